The largest absolute Gasteiger partial charge is 0.305 e. The third-order valence-electron chi connectivity index (χ3n) is 3.26. The molecule has 6 heteroatoms. The van der Waals surface area contributed by atoms with E-state index in [0.29, 0.717) is 6.54 Å². The second-order valence-electron chi connectivity index (χ2n) is 4.89. The van der Waals surface area contributed by atoms with Crippen LogP contribution in [0.25, 0.3) is 4.96 Å². The lowest BCUT2D eigenvalue weighted by Crippen LogP contribution is -2.16. The number of imidazole rings is 1. The lowest BCUT2D eigenvalue weighted by molar-refractivity contribution is 0.656. The number of aryl methyl sites for hydroxylation is 3. The van der Waals surface area contributed by atoms with E-state index in [9.17, 15) is 0 Å². The summed E-state index contributed by atoms with van der Waals surface area (Å²) in [5, 5.41) is 5.55. The van der Waals surface area contributed by atoms with Crippen molar-refractivity contribution in [2.75, 3.05) is 0 Å². The number of thiazole rings is 1. The van der Waals surface area contributed by atoms with Crippen molar-refractivity contribution < 1.29 is 0 Å². The summed E-state index contributed by atoms with van der Waals surface area (Å²) in [5.74, 6) is 0. The molecule has 0 bridgehead atoms. The molecule has 0 unspecified atom stereocenters. The van der Waals surface area contributed by atoms with Crippen LogP contribution in [0.2, 0.25) is 0 Å². The van der Waals surface area contributed by atoms with Gasteiger partial charge in [-0.15, -0.1) is 11.3 Å². The van der Waals surface area contributed by atoms with E-state index in [-0.39, 0.29) is 0 Å². The van der Waals surface area contributed by atoms with Gasteiger partial charge in [-0.3, -0.25) is 14.4 Å². The summed E-state index contributed by atoms with van der Waals surface area (Å²) in [7, 11) is 0. The first-order chi connectivity index (χ1) is 9.65. The van der Waals surface area contributed by atoms with E-state index in [1.165, 1.54) is 11.4 Å². The van der Waals surface area contributed by atoms with Gasteiger partial charge in [-0.05, 0) is 20.8 Å². The molecule has 0 spiro atoms. The van der Waals surface area contributed by atoms with Gasteiger partial charge in [0.15, 0.2) is 4.96 Å². The Kier molecular flexibility index (Phi) is 3.50. The molecular formula is C14H17N5S. The second-order valence-corrected chi connectivity index (χ2v) is 5.73. The highest BCUT2D eigenvalue weighted by molar-refractivity contribution is 7.15. The van der Waals surface area contributed by atoms with E-state index in [2.05, 4.69) is 43.9 Å². The molecular weight excluding hydrogens is 270 g/mol. The molecule has 0 aliphatic heterocycles. The van der Waals surface area contributed by atoms with Crippen molar-refractivity contribution in [3.05, 3.63) is 46.2 Å². The minimum atomic E-state index is 0.711. The smallest absolute Gasteiger partial charge is 0.194 e. The topological polar surface area (TPSA) is 55.1 Å². The third kappa shape index (κ3) is 2.44. The maximum Gasteiger partial charge on any atom is 0.194 e. The van der Waals surface area contributed by atoms with Crippen LogP contribution in [0, 0.1) is 20.8 Å². The summed E-state index contributed by atoms with van der Waals surface area (Å²) in [6.45, 7) is 7.60. The summed E-state index contributed by atoms with van der Waals surface area (Å²) < 4.78 is 2.22. The average molecular weight is 287 g/mol. The molecule has 3 heterocycles. The van der Waals surface area contributed by atoms with Gasteiger partial charge in [0.25, 0.3) is 0 Å². The molecule has 1 N–H and O–H groups in total. The first-order valence-corrected chi connectivity index (χ1v) is 7.43. The molecule has 0 aromatic carbocycles. The normalized spacial score (nSPS) is 11.3. The molecule has 0 radical (unpaired) electrons. The second kappa shape index (κ2) is 5.30. The highest BCUT2D eigenvalue weighted by Gasteiger charge is 2.11. The zero-order chi connectivity index (χ0) is 14.1. The van der Waals surface area contributed by atoms with Crippen molar-refractivity contribution in [3.8, 4) is 0 Å². The fourth-order valence-electron chi connectivity index (χ4n) is 2.20. The Balaban J connectivity index is 1.72. The monoisotopic (exact) mass is 287 g/mol. The van der Waals surface area contributed by atoms with Gasteiger partial charge in [0, 0.05) is 36.6 Å². The molecule has 0 fully saturated rings. The first-order valence-electron chi connectivity index (χ1n) is 6.55. The fourth-order valence-corrected chi connectivity index (χ4v) is 3.13. The number of rotatable bonds is 4. The fraction of sp³-hybridized carbons (Fsp3) is 0.357. The molecule has 0 saturated heterocycles. The molecule has 20 heavy (non-hydrogen) atoms. The molecule has 0 saturated carbocycles. The Morgan fingerprint density at radius 1 is 1.15 bits per heavy atom. The van der Waals surface area contributed by atoms with Gasteiger partial charge in [-0.1, -0.05) is 0 Å². The molecule has 0 atom stereocenters. The van der Waals surface area contributed by atoms with E-state index in [4.69, 9.17) is 0 Å². The zero-order valence-corrected chi connectivity index (χ0v) is 12.7. The molecule has 0 aliphatic rings. The van der Waals surface area contributed by atoms with E-state index < -0.39 is 0 Å². The van der Waals surface area contributed by atoms with Crippen LogP contribution in [0.1, 0.15) is 28.5 Å². The number of hydrogen-bond acceptors (Lipinski definition) is 5. The summed E-state index contributed by atoms with van der Waals surface area (Å²) in [6, 6.07) is 0. The van der Waals surface area contributed by atoms with Gasteiger partial charge in [0.2, 0.25) is 0 Å². The quantitative estimate of drug-likeness (QED) is 0.800. The van der Waals surface area contributed by atoms with Gasteiger partial charge < -0.3 is 5.32 Å². The van der Waals surface area contributed by atoms with Crippen LogP contribution in [0.5, 0.6) is 0 Å². The van der Waals surface area contributed by atoms with Crippen LogP contribution in [0.4, 0.5) is 0 Å². The molecule has 5 nitrogen and oxygen atoms in total. The zero-order valence-electron chi connectivity index (χ0n) is 11.8. The van der Waals surface area contributed by atoms with Crippen molar-refractivity contribution >= 4 is 16.3 Å². The van der Waals surface area contributed by atoms with Crippen molar-refractivity contribution in [2.24, 2.45) is 0 Å². The van der Waals surface area contributed by atoms with Gasteiger partial charge in [-0.25, -0.2) is 4.98 Å². The van der Waals surface area contributed by atoms with E-state index in [1.807, 2.05) is 13.1 Å². The van der Waals surface area contributed by atoms with Gasteiger partial charge in [0.1, 0.15) is 0 Å². The van der Waals surface area contributed by atoms with Crippen LogP contribution < -0.4 is 5.32 Å². The van der Waals surface area contributed by atoms with E-state index >= 15 is 0 Å². The van der Waals surface area contributed by atoms with Crippen LogP contribution in [-0.4, -0.2) is 19.4 Å². The molecule has 104 valence electrons. The molecule has 0 amide bonds. The van der Waals surface area contributed by atoms with Crippen LogP contribution in [0.15, 0.2) is 17.8 Å². The summed E-state index contributed by atoms with van der Waals surface area (Å²) in [5.41, 5.74) is 5.44. The minimum Gasteiger partial charge on any atom is -0.305 e. The molecule has 3 aromatic heterocycles. The molecule has 3 rings (SSSR count). The Bertz CT molecular complexity index is 726. The summed E-state index contributed by atoms with van der Waals surface area (Å²) in [6.07, 6.45) is 3.61. The number of hydrogen-bond donors (Lipinski definition) is 1. The van der Waals surface area contributed by atoms with Crippen molar-refractivity contribution in [1.29, 1.82) is 0 Å². The highest BCUT2D eigenvalue weighted by Crippen LogP contribution is 2.20. The van der Waals surface area contributed by atoms with Crippen LogP contribution >= 0.6 is 11.3 Å². The van der Waals surface area contributed by atoms with Gasteiger partial charge in [-0.2, -0.15) is 0 Å². The Hall–Kier alpha value is -1.79. The molecule has 3 aromatic rings. The van der Waals surface area contributed by atoms with E-state index in [1.54, 1.807) is 17.5 Å². The third-order valence-corrected chi connectivity index (χ3v) is 4.21. The predicted octanol–water partition coefficient (Wildman–Crippen LogP) is 2.40. The summed E-state index contributed by atoms with van der Waals surface area (Å²) in [4.78, 5) is 14.2. The number of fused-ring (bicyclic) bond motifs is 1. The summed E-state index contributed by atoms with van der Waals surface area (Å²) >= 11 is 1.68. The lowest BCUT2D eigenvalue weighted by atomic mass is 10.3. The van der Waals surface area contributed by atoms with Crippen molar-refractivity contribution in [2.45, 2.75) is 33.9 Å². The van der Waals surface area contributed by atoms with Crippen LogP contribution in [-0.2, 0) is 13.1 Å². The SMILES string of the molecule is Cc1cnc(CNCc2c(C)nc3scc(C)n23)cn1. The minimum absolute atomic E-state index is 0.711. The number of aromatic nitrogens is 4. The number of nitrogens with zero attached hydrogens (tertiary/aromatic N) is 4. The van der Waals surface area contributed by atoms with Crippen LogP contribution in [0.3, 0.4) is 0 Å². The first kappa shape index (κ1) is 13.2. The Labute approximate surface area is 121 Å². The van der Waals surface area contributed by atoms with Gasteiger partial charge in [0.05, 0.1) is 22.8 Å². The van der Waals surface area contributed by atoms with E-state index in [0.717, 1.165) is 28.6 Å². The Morgan fingerprint density at radius 3 is 2.75 bits per heavy atom. The average Bonchev–Trinajstić information content (AvgIpc) is 2.93. The van der Waals surface area contributed by atoms with Crippen molar-refractivity contribution in [3.63, 3.8) is 0 Å². The number of nitrogens with one attached hydrogen (secondary N) is 1. The maximum atomic E-state index is 4.58. The highest BCUT2D eigenvalue weighted by atomic mass is 32.1. The maximum absolute atomic E-state index is 4.58. The molecule has 0 aliphatic carbocycles. The van der Waals surface area contributed by atoms with Crippen molar-refractivity contribution in [1.82, 2.24) is 24.7 Å². The lowest BCUT2D eigenvalue weighted by Gasteiger charge is -2.06. The predicted molar refractivity (Wildman–Crippen MR) is 79.9 cm³/mol. The van der Waals surface area contributed by atoms with Gasteiger partial charge >= 0.3 is 0 Å². The standard InChI is InChI=1S/C14H17N5S/c1-9-4-17-12(6-16-9)5-15-7-13-11(3)18-14-19(13)10(2)8-20-14/h4,6,8,15H,5,7H2,1-3H3. The Morgan fingerprint density at radius 2 is 2.00 bits per heavy atom.